The third-order valence-corrected chi connectivity index (χ3v) is 2.70. The fourth-order valence-corrected chi connectivity index (χ4v) is 1.74. The molecule has 2 aromatic rings. The van der Waals surface area contributed by atoms with Gasteiger partial charge >= 0.3 is 0 Å². The van der Waals surface area contributed by atoms with Crippen LogP contribution in [0.3, 0.4) is 0 Å². The Balaban J connectivity index is 2.21. The summed E-state index contributed by atoms with van der Waals surface area (Å²) in [5.74, 6) is 6.03. The Bertz CT molecular complexity index is 677. The molecule has 0 aliphatic heterocycles. The summed E-state index contributed by atoms with van der Waals surface area (Å²) in [7, 11) is 1.53. The van der Waals surface area contributed by atoms with Crippen molar-refractivity contribution in [2.45, 2.75) is 6.61 Å². The molecule has 5 heteroatoms. The Hall–Kier alpha value is -2.58. The van der Waals surface area contributed by atoms with Gasteiger partial charge in [-0.1, -0.05) is 11.8 Å². The molecule has 1 aromatic heterocycles. The number of nitrogens with two attached hydrogens (primary N) is 1. The van der Waals surface area contributed by atoms with Crippen molar-refractivity contribution in [2.75, 3.05) is 13.7 Å². The fraction of sp³-hybridized carbons (Fsp3) is 0.188. The van der Waals surface area contributed by atoms with Gasteiger partial charge in [0.15, 0.2) is 0 Å². The van der Waals surface area contributed by atoms with Gasteiger partial charge in [0.05, 0.1) is 24.8 Å². The molecule has 0 bridgehead atoms. The SMILES string of the molecule is COc1ncccc1COc1cc(F)ccc1C#CCN. The normalized spacial score (nSPS) is 9.67. The molecule has 0 radical (unpaired) electrons. The molecule has 0 spiro atoms. The minimum Gasteiger partial charge on any atom is -0.487 e. The van der Waals surface area contributed by atoms with Crippen molar-refractivity contribution in [3.8, 4) is 23.5 Å². The maximum absolute atomic E-state index is 13.4. The largest absolute Gasteiger partial charge is 0.487 e. The lowest BCUT2D eigenvalue weighted by Crippen LogP contribution is -2.01. The second kappa shape index (κ2) is 7.27. The van der Waals surface area contributed by atoms with E-state index in [-0.39, 0.29) is 19.0 Å². The molecular weight excluding hydrogens is 271 g/mol. The van der Waals surface area contributed by atoms with E-state index in [2.05, 4.69) is 16.8 Å². The molecule has 0 unspecified atom stereocenters. The average molecular weight is 286 g/mol. The minimum absolute atomic E-state index is 0.206. The van der Waals surface area contributed by atoms with Gasteiger partial charge in [0.25, 0.3) is 0 Å². The summed E-state index contributed by atoms with van der Waals surface area (Å²) in [6.07, 6.45) is 1.63. The molecule has 4 nitrogen and oxygen atoms in total. The molecule has 108 valence electrons. The molecule has 2 N–H and O–H groups in total. The van der Waals surface area contributed by atoms with Crippen LogP contribution in [0.5, 0.6) is 11.6 Å². The number of pyridine rings is 1. The molecule has 0 saturated carbocycles. The molecule has 0 amide bonds. The average Bonchev–Trinajstić information content (AvgIpc) is 2.52. The van der Waals surface area contributed by atoms with Crippen LogP contribution in [0.25, 0.3) is 0 Å². The molecule has 21 heavy (non-hydrogen) atoms. The highest BCUT2D eigenvalue weighted by molar-refractivity contribution is 5.46. The fourth-order valence-electron chi connectivity index (χ4n) is 1.74. The maximum Gasteiger partial charge on any atom is 0.219 e. The minimum atomic E-state index is -0.388. The van der Waals surface area contributed by atoms with E-state index in [1.165, 1.54) is 19.2 Å². The number of nitrogens with zero attached hydrogens (tertiary/aromatic N) is 1. The Labute approximate surface area is 122 Å². The van der Waals surface area contributed by atoms with Crippen LogP contribution >= 0.6 is 0 Å². The first-order chi connectivity index (χ1) is 10.2. The van der Waals surface area contributed by atoms with E-state index in [1.807, 2.05) is 6.07 Å². The quantitative estimate of drug-likeness (QED) is 0.875. The second-order valence-electron chi connectivity index (χ2n) is 4.11. The van der Waals surface area contributed by atoms with Gasteiger partial charge in [0, 0.05) is 12.3 Å². The molecule has 2 rings (SSSR count). The van der Waals surface area contributed by atoms with Crippen LogP contribution in [0.15, 0.2) is 36.5 Å². The number of methoxy groups -OCH3 is 1. The topological polar surface area (TPSA) is 57.4 Å². The summed E-state index contributed by atoms with van der Waals surface area (Å²) in [4.78, 5) is 4.08. The Morgan fingerprint density at radius 2 is 2.19 bits per heavy atom. The maximum atomic E-state index is 13.4. The lowest BCUT2D eigenvalue weighted by molar-refractivity contribution is 0.292. The Morgan fingerprint density at radius 1 is 1.33 bits per heavy atom. The van der Waals surface area contributed by atoms with E-state index in [1.54, 1.807) is 18.3 Å². The van der Waals surface area contributed by atoms with Gasteiger partial charge in [-0.05, 0) is 24.3 Å². The molecule has 0 atom stereocenters. The first kappa shape index (κ1) is 14.8. The number of aromatic nitrogens is 1. The molecule has 0 fully saturated rings. The summed E-state index contributed by atoms with van der Waals surface area (Å²) >= 11 is 0. The summed E-state index contributed by atoms with van der Waals surface area (Å²) in [5, 5.41) is 0. The van der Waals surface area contributed by atoms with Gasteiger partial charge in [-0.2, -0.15) is 0 Å². The van der Waals surface area contributed by atoms with Crippen LogP contribution < -0.4 is 15.2 Å². The van der Waals surface area contributed by atoms with Crippen LogP contribution in [0.1, 0.15) is 11.1 Å². The van der Waals surface area contributed by atoms with Crippen molar-refractivity contribution >= 4 is 0 Å². The summed E-state index contributed by atoms with van der Waals surface area (Å²) < 4.78 is 24.1. The van der Waals surface area contributed by atoms with Crippen LogP contribution in [-0.4, -0.2) is 18.6 Å². The van der Waals surface area contributed by atoms with Crippen molar-refractivity contribution < 1.29 is 13.9 Å². The molecule has 1 heterocycles. The molecule has 0 aliphatic rings. The van der Waals surface area contributed by atoms with Gasteiger partial charge in [-0.3, -0.25) is 0 Å². The van der Waals surface area contributed by atoms with E-state index in [0.29, 0.717) is 17.2 Å². The van der Waals surface area contributed by atoms with E-state index in [0.717, 1.165) is 5.56 Å². The number of halogens is 1. The monoisotopic (exact) mass is 286 g/mol. The summed E-state index contributed by atoms with van der Waals surface area (Å²) in [5.41, 5.74) is 6.70. The Morgan fingerprint density at radius 3 is 2.95 bits per heavy atom. The standard InChI is InChI=1S/C16H15FN2O2/c1-20-16-13(5-3-9-19-16)11-21-15-10-14(17)7-6-12(15)4-2-8-18/h3,5-7,9-10H,8,11,18H2,1H3. The zero-order valence-electron chi connectivity index (χ0n) is 11.6. The first-order valence-corrected chi connectivity index (χ1v) is 6.33. The lowest BCUT2D eigenvalue weighted by atomic mass is 10.2. The zero-order chi connectivity index (χ0) is 15.1. The third-order valence-electron chi connectivity index (χ3n) is 2.70. The van der Waals surface area contributed by atoms with Gasteiger partial charge in [0.1, 0.15) is 18.2 Å². The van der Waals surface area contributed by atoms with E-state index < -0.39 is 0 Å². The van der Waals surface area contributed by atoms with Crippen LogP contribution in [0, 0.1) is 17.7 Å². The summed E-state index contributed by atoms with van der Waals surface area (Å²) in [6.45, 7) is 0.436. The van der Waals surface area contributed by atoms with Crippen LogP contribution in [-0.2, 0) is 6.61 Å². The van der Waals surface area contributed by atoms with Crippen molar-refractivity contribution in [1.82, 2.24) is 4.98 Å². The first-order valence-electron chi connectivity index (χ1n) is 6.33. The molecular formula is C16H15FN2O2. The van der Waals surface area contributed by atoms with Gasteiger partial charge in [0.2, 0.25) is 5.88 Å². The van der Waals surface area contributed by atoms with E-state index >= 15 is 0 Å². The molecule has 0 aliphatic carbocycles. The van der Waals surface area contributed by atoms with Crippen LogP contribution in [0.4, 0.5) is 4.39 Å². The highest BCUT2D eigenvalue weighted by Gasteiger charge is 2.07. The van der Waals surface area contributed by atoms with Crippen molar-refractivity contribution in [2.24, 2.45) is 5.73 Å². The van der Waals surface area contributed by atoms with Crippen molar-refractivity contribution in [1.29, 1.82) is 0 Å². The predicted octanol–water partition coefficient (Wildman–Crippen LogP) is 2.12. The smallest absolute Gasteiger partial charge is 0.219 e. The third kappa shape index (κ3) is 3.94. The number of ether oxygens (including phenoxy) is 2. The number of benzene rings is 1. The molecule has 1 aromatic carbocycles. The van der Waals surface area contributed by atoms with Gasteiger partial charge in [-0.15, -0.1) is 0 Å². The second-order valence-corrected chi connectivity index (χ2v) is 4.11. The number of hydrogen-bond acceptors (Lipinski definition) is 4. The highest BCUT2D eigenvalue weighted by atomic mass is 19.1. The number of hydrogen-bond donors (Lipinski definition) is 1. The summed E-state index contributed by atoms with van der Waals surface area (Å²) in [6, 6.07) is 7.80. The predicted molar refractivity (Wildman–Crippen MR) is 77.5 cm³/mol. The van der Waals surface area contributed by atoms with Gasteiger partial charge < -0.3 is 15.2 Å². The van der Waals surface area contributed by atoms with Crippen molar-refractivity contribution in [3.63, 3.8) is 0 Å². The van der Waals surface area contributed by atoms with E-state index in [4.69, 9.17) is 15.2 Å². The van der Waals surface area contributed by atoms with E-state index in [9.17, 15) is 4.39 Å². The van der Waals surface area contributed by atoms with Crippen LogP contribution in [0.2, 0.25) is 0 Å². The number of rotatable bonds is 4. The van der Waals surface area contributed by atoms with Gasteiger partial charge in [-0.25, -0.2) is 9.37 Å². The molecule has 0 saturated heterocycles. The Kier molecular flexibility index (Phi) is 5.13. The highest BCUT2D eigenvalue weighted by Crippen LogP contribution is 2.22. The zero-order valence-corrected chi connectivity index (χ0v) is 11.6. The lowest BCUT2D eigenvalue weighted by Gasteiger charge is -2.10. The van der Waals surface area contributed by atoms with Crippen molar-refractivity contribution in [3.05, 3.63) is 53.5 Å².